The summed E-state index contributed by atoms with van der Waals surface area (Å²) in [5.41, 5.74) is 6.60. The molecule has 49 heavy (non-hydrogen) atoms. The number of allylic oxidation sites excluding steroid dienone is 2. The SMILES string of the molecule is CC(C)Cc1cccc2c1sc1c(-c3[c-]c4cccc5c4c(c3)C(C)(C)C5(C)C)nccc12.CCC(CC)C(=O)/C=C(\O)C(CC)CC.[Ir]. The summed E-state index contributed by atoms with van der Waals surface area (Å²) in [6.07, 6.45) is 7.98. The number of hydrogen-bond donors (Lipinski definition) is 1. The van der Waals surface area contributed by atoms with Crippen LogP contribution in [0.5, 0.6) is 0 Å². The van der Waals surface area contributed by atoms with E-state index in [2.05, 4.69) is 96.1 Å². The number of fused-ring (bicyclic) bond motifs is 3. The van der Waals surface area contributed by atoms with E-state index < -0.39 is 0 Å². The Morgan fingerprint density at radius 2 is 1.47 bits per heavy atom. The molecule has 3 aromatic carbocycles. The smallest absolute Gasteiger partial charge is 0.162 e. The molecule has 0 bridgehead atoms. The van der Waals surface area contributed by atoms with Crippen LogP contribution in [0.3, 0.4) is 0 Å². The Hall–Kier alpha value is -2.85. The molecule has 3 nitrogen and oxygen atoms in total. The minimum atomic E-state index is 0. The summed E-state index contributed by atoms with van der Waals surface area (Å²) in [4.78, 5) is 16.6. The molecular weight excluding hydrogens is 799 g/mol. The number of thiophene rings is 1. The van der Waals surface area contributed by atoms with Crippen LogP contribution in [0, 0.1) is 23.8 Å². The number of rotatable bonds is 10. The number of pyridine rings is 1. The second-order valence-corrected chi connectivity index (χ2v) is 16.1. The van der Waals surface area contributed by atoms with Crippen molar-refractivity contribution in [2.75, 3.05) is 0 Å². The summed E-state index contributed by atoms with van der Waals surface area (Å²) in [6, 6.07) is 21.8. The molecule has 5 aromatic rings. The third kappa shape index (κ3) is 7.19. The standard InChI is InChI=1S/C31H30NS.C13H24O2.Ir/c1-18(2)15-20-10-7-11-22-23-13-14-32-27(29(23)33-28(20)22)21-16-19-9-8-12-24-26(19)25(17-21)31(5,6)30(24,3)4;1-5-10(6-2)12(14)9-13(15)11(7-3)8-4;/h7-14,17-18H,15H2,1-6H3;9-11,14H,5-8H2,1-4H3;/q-1;;/b;12-9-;. The van der Waals surface area contributed by atoms with Gasteiger partial charge in [-0.15, -0.1) is 34.9 Å². The summed E-state index contributed by atoms with van der Waals surface area (Å²) >= 11 is 1.90. The van der Waals surface area contributed by atoms with E-state index in [9.17, 15) is 9.90 Å². The molecule has 6 rings (SSSR count). The van der Waals surface area contributed by atoms with Crippen molar-refractivity contribution in [3.8, 4) is 11.3 Å². The third-order valence-electron chi connectivity index (χ3n) is 11.3. The van der Waals surface area contributed by atoms with Crippen molar-refractivity contribution >= 4 is 48.1 Å². The maximum Gasteiger partial charge on any atom is 0.162 e. The summed E-state index contributed by atoms with van der Waals surface area (Å²) in [5.74, 6) is 1.18. The monoisotopic (exact) mass is 853 g/mol. The summed E-state index contributed by atoms with van der Waals surface area (Å²) in [5, 5.41) is 15.0. The van der Waals surface area contributed by atoms with Gasteiger partial charge in [-0.25, -0.2) is 0 Å². The molecule has 1 aliphatic carbocycles. The number of aliphatic hydroxyl groups is 1. The molecule has 0 spiro atoms. The van der Waals surface area contributed by atoms with Crippen molar-refractivity contribution in [3.05, 3.63) is 89.3 Å². The number of carbonyl (C=O) groups excluding carboxylic acids is 1. The van der Waals surface area contributed by atoms with E-state index in [-0.39, 0.29) is 54.3 Å². The summed E-state index contributed by atoms with van der Waals surface area (Å²) in [7, 11) is 0. The van der Waals surface area contributed by atoms with Gasteiger partial charge in [0.15, 0.2) is 5.78 Å². The normalized spacial score (nSPS) is 14.9. The molecule has 0 saturated heterocycles. The second-order valence-electron chi connectivity index (χ2n) is 15.1. The van der Waals surface area contributed by atoms with Crippen LogP contribution in [0.4, 0.5) is 0 Å². The number of aromatic nitrogens is 1. The molecule has 5 heteroatoms. The Morgan fingerprint density at radius 1 is 0.857 bits per heavy atom. The van der Waals surface area contributed by atoms with Crippen LogP contribution >= 0.6 is 11.3 Å². The predicted molar refractivity (Wildman–Crippen MR) is 207 cm³/mol. The molecule has 0 fully saturated rings. The Balaban J connectivity index is 0.000000290. The van der Waals surface area contributed by atoms with Gasteiger partial charge in [0.25, 0.3) is 0 Å². The molecular formula is C44H54IrNO2S-. The van der Waals surface area contributed by atoms with Gasteiger partial charge in [0.05, 0.1) is 5.76 Å². The van der Waals surface area contributed by atoms with Crippen molar-refractivity contribution in [1.29, 1.82) is 0 Å². The molecule has 2 heterocycles. The molecule has 0 aliphatic heterocycles. The fourth-order valence-corrected chi connectivity index (χ4v) is 8.84. The van der Waals surface area contributed by atoms with Crippen molar-refractivity contribution in [3.63, 3.8) is 0 Å². The van der Waals surface area contributed by atoms with Gasteiger partial charge in [-0.3, -0.25) is 9.78 Å². The van der Waals surface area contributed by atoms with Crippen LogP contribution in [0.15, 0.2) is 66.6 Å². The van der Waals surface area contributed by atoms with Crippen LogP contribution in [-0.2, 0) is 42.2 Å². The van der Waals surface area contributed by atoms with E-state index in [1.54, 1.807) is 0 Å². The predicted octanol–water partition coefficient (Wildman–Crippen LogP) is 12.7. The molecule has 0 unspecified atom stereocenters. The topological polar surface area (TPSA) is 50.2 Å². The van der Waals surface area contributed by atoms with Crippen LogP contribution in [0.1, 0.15) is 112 Å². The minimum absolute atomic E-state index is 0. The minimum Gasteiger partial charge on any atom is -0.512 e. The summed E-state index contributed by atoms with van der Waals surface area (Å²) in [6.45, 7) is 22.2. The van der Waals surface area contributed by atoms with Gasteiger partial charge in [0, 0.05) is 64.7 Å². The zero-order chi connectivity index (χ0) is 35.0. The van der Waals surface area contributed by atoms with E-state index in [0.717, 1.165) is 43.4 Å². The molecule has 1 aliphatic rings. The fourth-order valence-electron chi connectivity index (χ4n) is 7.51. The molecule has 1 N–H and O–H groups in total. The van der Waals surface area contributed by atoms with Crippen molar-refractivity contribution < 1.29 is 30.0 Å². The van der Waals surface area contributed by atoms with E-state index in [0.29, 0.717) is 5.92 Å². The van der Waals surface area contributed by atoms with Crippen LogP contribution in [0.2, 0.25) is 0 Å². The maximum absolute atomic E-state index is 11.7. The molecule has 0 atom stereocenters. The molecule has 0 saturated carbocycles. The first-order valence-electron chi connectivity index (χ1n) is 18.0. The van der Waals surface area contributed by atoms with Gasteiger partial charge in [0.1, 0.15) is 0 Å². The van der Waals surface area contributed by atoms with Crippen LogP contribution < -0.4 is 0 Å². The zero-order valence-electron chi connectivity index (χ0n) is 31.1. The van der Waals surface area contributed by atoms with E-state index >= 15 is 0 Å². The van der Waals surface area contributed by atoms with E-state index in [1.165, 1.54) is 53.7 Å². The number of nitrogens with zero attached hydrogens (tertiary/aromatic N) is 1. The number of hydrogen-bond acceptors (Lipinski definition) is 4. The first-order valence-corrected chi connectivity index (χ1v) is 18.9. The molecule has 263 valence electrons. The number of aliphatic hydroxyl groups excluding tert-OH is 1. The van der Waals surface area contributed by atoms with Crippen LogP contribution in [0.25, 0.3) is 42.2 Å². The molecule has 0 amide bonds. The summed E-state index contributed by atoms with van der Waals surface area (Å²) < 4.78 is 2.68. The average Bonchev–Trinajstić information content (AvgIpc) is 3.51. The molecule has 1 radical (unpaired) electrons. The van der Waals surface area contributed by atoms with Crippen LogP contribution in [-0.4, -0.2) is 15.9 Å². The van der Waals surface area contributed by atoms with Gasteiger partial charge < -0.3 is 5.11 Å². The Morgan fingerprint density at radius 3 is 2.10 bits per heavy atom. The van der Waals surface area contributed by atoms with E-state index in [4.69, 9.17) is 4.98 Å². The van der Waals surface area contributed by atoms with Gasteiger partial charge in [-0.2, -0.15) is 0 Å². The van der Waals surface area contributed by atoms with E-state index in [1.807, 2.05) is 45.2 Å². The average molecular weight is 853 g/mol. The largest absolute Gasteiger partial charge is 0.512 e. The Kier molecular flexibility index (Phi) is 12.4. The molecule has 2 aromatic heterocycles. The Labute approximate surface area is 312 Å². The van der Waals surface area contributed by atoms with Gasteiger partial charge in [-0.1, -0.05) is 122 Å². The van der Waals surface area contributed by atoms with Gasteiger partial charge >= 0.3 is 0 Å². The first kappa shape index (κ1) is 38.9. The van der Waals surface area contributed by atoms with Gasteiger partial charge in [-0.05, 0) is 65.9 Å². The zero-order valence-corrected chi connectivity index (χ0v) is 34.3. The van der Waals surface area contributed by atoms with Gasteiger partial charge in [0.2, 0.25) is 0 Å². The number of benzene rings is 3. The first-order chi connectivity index (χ1) is 22.8. The second kappa shape index (κ2) is 15.6. The number of ketones is 1. The maximum atomic E-state index is 11.7. The van der Waals surface area contributed by atoms with Crippen molar-refractivity contribution in [1.82, 2.24) is 4.98 Å². The van der Waals surface area contributed by atoms with Crippen molar-refractivity contribution in [2.24, 2.45) is 17.8 Å². The third-order valence-corrected chi connectivity index (χ3v) is 12.6. The van der Waals surface area contributed by atoms with Crippen molar-refractivity contribution in [2.45, 2.75) is 112 Å². The quantitative estimate of drug-likeness (QED) is 0.0865. The fraction of sp³-hybridized carbons (Fsp3) is 0.455. The number of carbonyl (C=O) groups is 1. The Bertz CT molecular complexity index is 1970.